The second kappa shape index (κ2) is 49.3. The highest BCUT2D eigenvalue weighted by atomic mass is 16.6. The predicted molar refractivity (Wildman–Crippen MR) is 256 cm³/mol. The number of hydrogen-bond donors (Lipinski definition) is 0. The van der Waals surface area contributed by atoms with E-state index in [4.69, 9.17) is 14.2 Å². The lowest BCUT2D eigenvalue weighted by molar-refractivity contribution is -0.167. The summed E-state index contributed by atoms with van der Waals surface area (Å²) in [6, 6.07) is 0. The van der Waals surface area contributed by atoms with Gasteiger partial charge >= 0.3 is 17.9 Å². The monoisotopic (exact) mass is 843 g/mol. The Morgan fingerprint density at radius 3 is 1.02 bits per heavy atom. The maximum Gasteiger partial charge on any atom is 0.306 e. The second-order valence-electron chi connectivity index (χ2n) is 17.4. The molecule has 0 aliphatic rings. The summed E-state index contributed by atoms with van der Waals surface area (Å²) in [5, 5.41) is 0. The molecule has 350 valence electrons. The molecule has 0 saturated carbocycles. The largest absolute Gasteiger partial charge is 0.462 e. The maximum atomic E-state index is 12.7. The summed E-state index contributed by atoms with van der Waals surface area (Å²) in [6.45, 7) is 6.49. The molecule has 0 amide bonds. The van der Waals surface area contributed by atoms with E-state index in [1.807, 2.05) is 0 Å². The Labute approximate surface area is 372 Å². The minimum Gasteiger partial charge on any atom is -0.462 e. The molecule has 0 aromatic rings. The Hall–Kier alpha value is -2.37. The summed E-state index contributed by atoms with van der Waals surface area (Å²) in [4.78, 5) is 37.8. The van der Waals surface area contributed by atoms with Crippen molar-refractivity contribution in [1.29, 1.82) is 0 Å². The number of ether oxygens (including phenoxy) is 3. The van der Waals surface area contributed by atoms with E-state index in [2.05, 4.69) is 57.2 Å². The first-order chi connectivity index (χ1) is 29.5. The Balaban J connectivity index is 4.21. The van der Waals surface area contributed by atoms with E-state index in [1.54, 1.807) is 0 Å². The van der Waals surface area contributed by atoms with E-state index in [9.17, 15) is 14.4 Å². The van der Waals surface area contributed by atoms with E-state index in [0.717, 1.165) is 83.5 Å². The SMILES string of the molecule is CC/C=C\C/C=C\C/C=C\CCCCCC(=O)OC(COC(=O)CCCCCCCCCC)COC(=O)CCCCCCCCCCCCCCCCCCCCCCC. The molecule has 0 aliphatic carbocycles. The van der Waals surface area contributed by atoms with Gasteiger partial charge in [-0.15, -0.1) is 0 Å². The van der Waals surface area contributed by atoms with Gasteiger partial charge in [-0.05, 0) is 51.4 Å². The zero-order chi connectivity index (χ0) is 43.7. The molecule has 1 atom stereocenters. The molecule has 0 radical (unpaired) electrons. The van der Waals surface area contributed by atoms with Crippen molar-refractivity contribution >= 4 is 17.9 Å². The van der Waals surface area contributed by atoms with Crippen molar-refractivity contribution in [2.75, 3.05) is 13.2 Å². The predicted octanol–water partition coefficient (Wildman–Crippen LogP) is 16.9. The van der Waals surface area contributed by atoms with Crippen molar-refractivity contribution in [2.24, 2.45) is 0 Å². The van der Waals surface area contributed by atoms with Crippen molar-refractivity contribution in [3.05, 3.63) is 36.5 Å². The Morgan fingerprint density at radius 1 is 0.350 bits per heavy atom. The highest BCUT2D eigenvalue weighted by Crippen LogP contribution is 2.16. The first-order valence-electron chi connectivity index (χ1n) is 26.0. The molecular formula is C54H98O6. The third kappa shape index (κ3) is 46.7. The summed E-state index contributed by atoms with van der Waals surface area (Å²) in [5.74, 6) is -0.905. The fourth-order valence-corrected chi connectivity index (χ4v) is 7.52. The minimum atomic E-state index is -0.780. The average molecular weight is 843 g/mol. The van der Waals surface area contributed by atoms with E-state index in [1.165, 1.54) is 148 Å². The van der Waals surface area contributed by atoms with E-state index in [0.29, 0.717) is 19.3 Å². The number of esters is 3. The molecule has 0 heterocycles. The quantitative estimate of drug-likeness (QED) is 0.0263. The molecule has 0 aromatic heterocycles. The fraction of sp³-hybridized carbons (Fsp3) is 0.833. The number of hydrogen-bond acceptors (Lipinski definition) is 6. The molecule has 0 fully saturated rings. The van der Waals surface area contributed by atoms with Gasteiger partial charge in [0, 0.05) is 19.3 Å². The van der Waals surface area contributed by atoms with Crippen LogP contribution in [0.1, 0.15) is 271 Å². The summed E-state index contributed by atoms with van der Waals surface area (Å²) in [6.07, 6.45) is 57.2. The van der Waals surface area contributed by atoms with Crippen molar-refractivity contribution in [1.82, 2.24) is 0 Å². The topological polar surface area (TPSA) is 78.9 Å². The third-order valence-electron chi connectivity index (χ3n) is 11.4. The molecular weight excluding hydrogens is 745 g/mol. The zero-order valence-electron chi connectivity index (χ0n) is 40.0. The highest BCUT2D eigenvalue weighted by molar-refractivity contribution is 5.71. The summed E-state index contributed by atoms with van der Waals surface area (Å²) >= 11 is 0. The fourth-order valence-electron chi connectivity index (χ4n) is 7.52. The normalized spacial score (nSPS) is 12.2. The molecule has 60 heavy (non-hydrogen) atoms. The van der Waals surface area contributed by atoms with Crippen LogP contribution in [0.4, 0.5) is 0 Å². The average Bonchev–Trinajstić information content (AvgIpc) is 3.24. The van der Waals surface area contributed by atoms with Crippen molar-refractivity contribution in [3.8, 4) is 0 Å². The van der Waals surface area contributed by atoms with Crippen LogP contribution >= 0.6 is 0 Å². The highest BCUT2D eigenvalue weighted by Gasteiger charge is 2.19. The zero-order valence-corrected chi connectivity index (χ0v) is 40.0. The van der Waals surface area contributed by atoms with Crippen molar-refractivity contribution in [3.63, 3.8) is 0 Å². The Kier molecular flexibility index (Phi) is 47.3. The van der Waals surface area contributed by atoms with Gasteiger partial charge < -0.3 is 14.2 Å². The van der Waals surface area contributed by atoms with Crippen LogP contribution in [-0.2, 0) is 28.6 Å². The van der Waals surface area contributed by atoms with E-state index in [-0.39, 0.29) is 31.1 Å². The molecule has 1 unspecified atom stereocenters. The Bertz CT molecular complexity index is 1020. The van der Waals surface area contributed by atoms with Crippen LogP contribution < -0.4 is 0 Å². The molecule has 0 aromatic carbocycles. The van der Waals surface area contributed by atoms with Gasteiger partial charge in [-0.1, -0.05) is 237 Å². The molecule has 6 nitrogen and oxygen atoms in total. The lowest BCUT2D eigenvalue weighted by atomic mass is 10.0. The number of unbranched alkanes of at least 4 members (excludes halogenated alkanes) is 30. The van der Waals surface area contributed by atoms with Crippen LogP contribution in [-0.4, -0.2) is 37.2 Å². The number of carbonyl (C=O) groups is 3. The van der Waals surface area contributed by atoms with E-state index >= 15 is 0 Å². The molecule has 0 saturated heterocycles. The van der Waals surface area contributed by atoms with Gasteiger partial charge in [0.05, 0.1) is 0 Å². The van der Waals surface area contributed by atoms with Crippen LogP contribution in [0.25, 0.3) is 0 Å². The standard InChI is InChI=1S/C54H98O6/c1-4-7-10-13-16-19-21-23-24-25-26-27-28-29-30-32-33-35-38-41-44-47-53(56)59-50-51(49-58-52(55)46-43-40-37-18-15-12-9-6-3)60-54(57)48-45-42-39-36-34-31-22-20-17-14-11-8-5-2/h8,11,17,20,31,34,51H,4-7,9-10,12-16,18-19,21-30,32-33,35-50H2,1-3H3/b11-8-,20-17-,34-31-. The lowest BCUT2D eigenvalue weighted by Crippen LogP contribution is -2.30. The summed E-state index contributed by atoms with van der Waals surface area (Å²) < 4.78 is 16.7. The van der Waals surface area contributed by atoms with Gasteiger partial charge in [-0.2, -0.15) is 0 Å². The molecule has 0 aliphatic heterocycles. The lowest BCUT2D eigenvalue weighted by Gasteiger charge is -2.18. The van der Waals surface area contributed by atoms with Gasteiger partial charge in [-0.3, -0.25) is 14.4 Å². The maximum absolute atomic E-state index is 12.7. The first kappa shape index (κ1) is 57.6. The van der Waals surface area contributed by atoms with Crippen LogP contribution in [0.15, 0.2) is 36.5 Å². The minimum absolute atomic E-state index is 0.0804. The first-order valence-corrected chi connectivity index (χ1v) is 26.0. The smallest absolute Gasteiger partial charge is 0.306 e. The molecule has 0 rings (SSSR count). The van der Waals surface area contributed by atoms with Crippen molar-refractivity contribution < 1.29 is 28.6 Å². The van der Waals surface area contributed by atoms with E-state index < -0.39 is 6.10 Å². The summed E-state index contributed by atoms with van der Waals surface area (Å²) in [5.41, 5.74) is 0. The molecule has 0 spiro atoms. The number of allylic oxidation sites excluding steroid dienone is 6. The Morgan fingerprint density at radius 2 is 0.650 bits per heavy atom. The summed E-state index contributed by atoms with van der Waals surface area (Å²) in [7, 11) is 0. The molecule has 0 N–H and O–H groups in total. The number of carbonyl (C=O) groups excluding carboxylic acids is 3. The van der Waals surface area contributed by atoms with Crippen LogP contribution in [0.2, 0.25) is 0 Å². The van der Waals surface area contributed by atoms with Crippen LogP contribution in [0.5, 0.6) is 0 Å². The van der Waals surface area contributed by atoms with Crippen molar-refractivity contribution in [2.45, 2.75) is 277 Å². The van der Waals surface area contributed by atoms with Crippen LogP contribution in [0, 0.1) is 0 Å². The van der Waals surface area contributed by atoms with Gasteiger partial charge in [0.2, 0.25) is 0 Å². The third-order valence-corrected chi connectivity index (χ3v) is 11.4. The number of rotatable bonds is 47. The molecule has 0 bridgehead atoms. The van der Waals surface area contributed by atoms with Gasteiger partial charge in [-0.25, -0.2) is 0 Å². The molecule has 6 heteroatoms. The second-order valence-corrected chi connectivity index (χ2v) is 17.4. The van der Waals surface area contributed by atoms with Gasteiger partial charge in [0.25, 0.3) is 0 Å². The van der Waals surface area contributed by atoms with Gasteiger partial charge in [0.1, 0.15) is 13.2 Å². The van der Waals surface area contributed by atoms with Gasteiger partial charge in [0.15, 0.2) is 6.10 Å². The van der Waals surface area contributed by atoms with Crippen LogP contribution in [0.3, 0.4) is 0 Å².